The number of hydrogen-bond acceptors (Lipinski definition) is 5. The average Bonchev–Trinajstić information content (AvgIpc) is 2.93. The van der Waals surface area contributed by atoms with Crippen molar-refractivity contribution >= 4 is 18.3 Å². The zero-order valence-corrected chi connectivity index (χ0v) is 16.4. The van der Waals surface area contributed by atoms with Crippen LogP contribution in [0.4, 0.5) is 4.79 Å². The Morgan fingerprint density at radius 1 is 1.21 bits per heavy atom. The van der Waals surface area contributed by atoms with Gasteiger partial charge in [0, 0.05) is 25.7 Å². The maximum absolute atomic E-state index is 12.9. The molecule has 1 aromatic carbocycles. The van der Waals surface area contributed by atoms with Crippen molar-refractivity contribution in [2.75, 3.05) is 13.1 Å². The summed E-state index contributed by atoms with van der Waals surface area (Å²) in [5, 5.41) is 2.90. The average molecular weight is 384 g/mol. The van der Waals surface area contributed by atoms with Crippen molar-refractivity contribution in [2.45, 2.75) is 32.4 Å². The molecule has 1 N–H and O–H groups in total. The second kappa shape index (κ2) is 7.46. The molecular weight excluding hydrogens is 360 g/mol. The van der Waals surface area contributed by atoms with Gasteiger partial charge in [0.05, 0.1) is 6.04 Å². The van der Waals surface area contributed by atoms with Gasteiger partial charge in [-0.25, -0.2) is 9.78 Å². The minimum absolute atomic E-state index is 0.174. The number of nitrogens with one attached hydrogen (secondary N) is 1. The number of aldehydes is 1. The summed E-state index contributed by atoms with van der Waals surface area (Å²) in [6, 6.07) is 9.04. The van der Waals surface area contributed by atoms with Crippen LogP contribution in [-0.2, 0) is 11.8 Å². The first-order valence-electron chi connectivity index (χ1n) is 9.05. The van der Waals surface area contributed by atoms with Gasteiger partial charge in [0.15, 0.2) is 12.1 Å². The van der Waals surface area contributed by atoms with Crippen molar-refractivity contribution in [1.82, 2.24) is 19.8 Å². The van der Waals surface area contributed by atoms with Gasteiger partial charge in [-0.1, -0.05) is 30.3 Å². The van der Waals surface area contributed by atoms with Gasteiger partial charge in [-0.2, -0.15) is 0 Å². The summed E-state index contributed by atoms with van der Waals surface area (Å²) in [6.45, 7) is 6.17. The third-order valence-corrected chi connectivity index (χ3v) is 4.37. The van der Waals surface area contributed by atoms with Gasteiger partial charge >= 0.3 is 6.09 Å². The van der Waals surface area contributed by atoms with E-state index in [0.717, 1.165) is 5.56 Å². The van der Waals surface area contributed by atoms with Crippen molar-refractivity contribution < 1.29 is 19.1 Å². The molecule has 2 amide bonds. The summed E-state index contributed by atoms with van der Waals surface area (Å²) in [5.74, 6) is -0.163. The molecule has 148 valence electrons. The zero-order valence-electron chi connectivity index (χ0n) is 16.4. The summed E-state index contributed by atoms with van der Waals surface area (Å²) in [4.78, 5) is 42.0. The van der Waals surface area contributed by atoms with E-state index >= 15 is 0 Å². The van der Waals surface area contributed by atoms with Crippen molar-refractivity contribution in [3.63, 3.8) is 0 Å². The molecular formula is C20H24N4O4. The van der Waals surface area contributed by atoms with Crippen LogP contribution in [0.3, 0.4) is 0 Å². The third kappa shape index (κ3) is 4.05. The van der Waals surface area contributed by atoms with Crippen molar-refractivity contribution in [3.05, 3.63) is 41.9 Å². The topological polar surface area (TPSA) is 93.5 Å². The molecule has 1 fully saturated rings. The van der Waals surface area contributed by atoms with E-state index < -0.39 is 11.7 Å². The Morgan fingerprint density at radius 2 is 1.86 bits per heavy atom. The van der Waals surface area contributed by atoms with Crippen molar-refractivity contribution in [1.29, 1.82) is 0 Å². The fourth-order valence-corrected chi connectivity index (χ4v) is 2.98. The lowest BCUT2D eigenvalue weighted by Crippen LogP contribution is -2.61. The lowest BCUT2D eigenvalue weighted by Gasteiger charge is -2.39. The van der Waals surface area contributed by atoms with E-state index in [2.05, 4.69) is 10.3 Å². The molecule has 28 heavy (non-hydrogen) atoms. The molecule has 1 aromatic heterocycles. The van der Waals surface area contributed by atoms with E-state index in [1.807, 2.05) is 51.1 Å². The molecule has 3 rings (SSSR count). The maximum atomic E-state index is 12.9. The van der Waals surface area contributed by atoms with Crippen LogP contribution in [0.25, 0.3) is 11.3 Å². The first kappa shape index (κ1) is 19.6. The number of amides is 2. The number of imidazole rings is 1. The van der Waals surface area contributed by atoms with E-state index in [4.69, 9.17) is 4.74 Å². The minimum atomic E-state index is -0.560. The molecule has 2 aromatic rings. The maximum Gasteiger partial charge on any atom is 0.410 e. The first-order valence-corrected chi connectivity index (χ1v) is 9.05. The molecule has 2 heterocycles. The first-order chi connectivity index (χ1) is 13.2. The van der Waals surface area contributed by atoms with E-state index in [9.17, 15) is 14.4 Å². The number of ether oxygens (including phenoxy) is 1. The summed E-state index contributed by atoms with van der Waals surface area (Å²) < 4.78 is 6.80. The van der Waals surface area contributed by atoms with Gasteiger partial charge in [-0.05, 0) is 20.8 Å². The monoisotopic (exact) mass is 384 g/mol. The van der Waals surface area contributed by atoms with Gasteiger partial charge < -0.3 is 19.5 Å². The minimum Gasteiger partial charge on any atom is -0.444 e. The summed E-state index contributed by atoms with van der Waals surface area (Å²) in [6.07, 6.45) is 0.225. The summed E-state index contributed by atoms with van der Waals surface area (Å²) in [5.41, 5.74) is 0.950. The normalized spacial score (nSPS) is 14.4. The van der Waals surface area contributed by atoms with E-state index in [0.29, 0.717) is 30.8 Å². The molecule has 0 unspecified atom stereocenters. The SMILES string of the molecule is Cn1c(C=O)nc(-c2ccccc2)c1C(=O)NC1CN(C(=O)OC(C)(C)C)C1. The van der Waals surface area contributed by atoms with Crippen LogP contribution < -0.4 is 5.32 Å². The Hall–Kier alpha value is -3.16. The Kier molecular flexibility index (Phi) is 5.22. The molecule has 0 atom stereocenters. The van der Waals surface area contributed by atoms with Crippen LogP contribution in [-0.4, -0.2) is 57.5 Å². The largest absolute Gasteiger partial charge is 0.444 e. The Labute approximate surface area is 163 Å². The fraction of sp³-hybridized carbons (Fsp3) is 0.400. The van der Waals surface area contributed by atoms with E-state index in [1.165, 1.54) is 9.47 Å². The smallest absolute Gasteiger partial charge is 0.410 e. The van der Waals surface area contributed by atoms with Crippen LogP contribution in [0.5, 0.6) is 0 Å². The highest BCUT2D eigenvalue weighted by Gasteiger charge is 2.35. The van der Waals surface area contributed by atoms with Gasteiger partial charge in [-0.15, -0.1) is 0 Å². The van der Waals surface area contributed by atoms with Crippen LogP contribution in [0.1, 0.15) is 41.9 Å². The molecule has 1 aliphatic heterocycles. The van der Waals surface area contributed by atoms with Crippen molar-refractivity contribution in [3.8, 4) is 11.3 Å². The lowest BCUT2D eigenvalue weighted by atomic mass is 10.1. The predicted octanol–water partition coefficient (Wildman–Crippen LogP) is 2.25. The molecule has 1 aliphatic rings. The van der Waals surface area contributed by atoms with Crippen molar-refractivity contribution in [2.24, 2.45) is 7.05 Å². The molecule has 1 saturated heterocycles. The number of rotatable bonds is 4. The number of carbonyl (C=O) groups is 3. The van der Waals surface area contributed by atoms with Crippen LogP contribution in [0.2, 0.25) is 0 Å². The molecule has 8 nitrogen and oxygen atoms in total. The Bertz CT molecular complexity index is 893. The molecule has 0 bridgehead atoms. The Morgan fingerprint density at radius 3 is 2.43 bits per heavy atom. The third-order valence-electron chi connectivity index (χ3n) is 4.37. The molecule has 8 heteroatoms. The number of aromatic nitrogens is 2. The van der Waals surface area contributed by atoms with Gasteiger partial charge in [0.1, 0.15) is 17.0 Å². The molecule has 0 radical (unpaired) electrons. The molecule has 0 spiro atoms. The standard InChI is InChI=1S/C20H24N4O4/c1-20(2,3)28-19(27)24-10-14(11-24)21-18(26)17-16(13-8-6-5-7-9-13)22-15(12-25)23(17)4/h5-9,12,14H,10-11H2,1-4H3,(H,21,26). The molecule has 0 aliphatic carbocycles. The summed E-state index contributed by atoms with van der Waals surface area (Å²) in [7, 11) is 1.63. The predicted molar refractivity (Wildman–Crippen MR) is 103 cm³/mol. The summed E-state index contributed by atoms with van der Waals surface area (Å²) >= 11 is 0. The highest BCUT2D eigenvalue weighted by molar-refractivity contribution is 6.00. The Balaban J connectivity index is 1.72. The van der Waals surface area contributed by atoms with Gasteiger partial charge in [-0.3, -0.25) is 9.59 Å². The molecule has 0 saturated carbocycles. The number of benzene rings is 1. The quantitative estimate of drug-likeness (QED) is 0.816. The van der Waals surface area contributed by atoms with E-state index in [-0.39, 0.29) is 17.8 Å². The lowest BCUT2D eigenvalue weighted by molar-refractivity contribution is 0.00528. The number of nitrogens with zero attached hydrogens (tertiary/aromatic N) is 3. The number of carbonyl (C=O) groups excluding carboxylic acids is 3. The van der Waals surface area contributed by atoms with Crippen LogP contribution in [0, 0.1) is 0 Å². The second-order valence-corrected chi connectivity index (χ2v) is 7.77. The highest BCUT2D eigenvalue weighted by atomic mass is 16.6. The number of likely N-dealkylation sites (tertiary alicyclic amines) is 1. The van der Waals surface area contributed by atoms with Crippen LogP contribution >= 0.6 is 0 Å². The van der Waals surface area contributed by atoms with Gasteiger partial charge in [0.25, 0.3) is 5.91 Å². The zero-order chi connectivity index (χ0) is 20.5. The fourth-order valence-electron chi connectivity index (χ4n) is 2.98. The van der Waals surface area contributed by atoms with Crippen LogP contribution in [0.15, 0.2) is 30.3 Å². The number of hydrogen-bond donors (Lipinski definition) is 1. The van der Waals surface area contributed by atoms with E-state index in [1.54, 1.807) is 7.05 Å². The highest BCUT2D eigenvalue weighted by Crippen LogP contribution is 2.24. The second-order valence-electron chi connectivity index (χ2n) is 7.77. The van der Waals surface area contributed by atoms with Gasteiger partial charge in [0.2, 0.25) is 0 Å².